The molecule has 70 heavy (non-hydrogen) atoms. The van der Waals surface area contributed by atoms with E-state index in [1.807, 2.05) is 32.5 Å². The molecule has 9 rings (SSSR count). The van der Waals surface area contributed by atoms with Gasteiger partial charge in [0, 0.05) is 0 Å². The van der Waals surface area contributed by atoms with Crippen molar-refractivity contribution in [3.05, 3.63) is 231 Å². The maximum Gasteiger partial charge on any atom is 2.00 e. The van der Waals surface area contributed by atoms with Gasteiger partial charge in [0.2, 0.25) is 0 Å². The average Bonchev–Trinajstić information content (AvgIpc) is 3.89. The van der Waals surface area contributed by atoms with Crippen molar-refractivity contribution in [3.8, 4) is 22.3 Å². The molecular formula is C57H42BF10SiZr. The van der Waals surface area contributed by atoms with Crippen LogP contribution in [0.5, 0.6) is 0 Å². The van der Waals surface area contributed by atoms with Gasteiger partial charge >= 0.3 is 278 Å². The van der Waals surface area contributed by atoms with Gasteiger partial charge in [-0.3, -0.25) is 6.08 Å². The van der Waals surface area contributed by atoms with Crippen molar-refractivity contribution in [2.45, 2.75) is 48.1 Å². The Hall–Kier alpha value is -6.04. The monoisotopic (exact) mass is 1050 g/mol. The molecule has 0 bridgehead atoms. The van der Waals surface area contributed by atoms with E-state index in [0.29, 0.717) is 0 Å². The predicted molar refractivity (Wildman–Crippen MR) is 262 cm³/mol. The minimum absolute atomic E-state index is 0. The summed E-state index contributed by atoms with van der Waals surface area (Å²) >= 11 is 0. The summed E-state index contributed by atoms with van der Waals surface area (Å²) in [7, 11) is -1.65. The van der Waals surface area contributed by atoms with Gasteiger partial charge in [0.15, 0.2) is 0 Å². The third-order valence-electron chi connectivity index (χ3n) is 12.3. The third kappa shape index (κ3) is 10.1. The Morgan fingerprint density at radius 3 is 1.57 bits per heavy atom. The topological polar surface area (TPSA) is 0 Å². The van der Waals surface area contributed by atoms with Crippen molar-refractivity contribution >= 4 is 52.9 Å². The number of fused-ring (bicyclic) bond motifs is 4. The third-order valence-corrected chi connectivity index (χ3v) is 14.2. The fraction of sp³-hybridized carbons (Fsp3) is 0.123. The molecule has 8 aromatic carbocycles. The van der Waals surface area contributed by atoms with Crippen LogP contribution in [0, 0.1) is 71.2 Å². The Balaban J connectivity index is 0.000000262. The van der Waals surface area contributed by atoms with Gasteiger partial charge in [-0.2, -0.15) is 12.1 Å². The molecular weight excluding hydrogens is 1000 g/mol. The first-order chi connectivity index (χ1) is 32.9. The van der Waals surface area contributed by atoms with Gasteiger partial charge < -0.3 is 0 Å². The number of aryl methyl sites for hydroxylation is 1. The van der Waals surface area contributed by atoms with Crippen LogP contribution in [-0.2, 0) is 26.2 Å². The molecule has 1 aliphatic carbocycles. The van der Waals surface area contributed by atoms with E-state index in [9.17, 15) is 26.3 Å². The summed E-state index contributed by atoms with van der Waals surface area (Å²) in [5.74, 6) is -21.8. The van der Waals surface area contributed by atoms with Crippen LogP contribution in [0.1, 0.15) is 56.9 Å². The Morgan fingerprint density at radius 2 is 1.04 bits per heavy atom. The van der Waals surface area contributed by atoms with Crippen molar-refractivity contribution in [3.63, 3.8) is 0 Å². The Labute approximate surface area is 421 Å². The molecule has 0 aliphatic heterocycles. The summed E-state index contributed by atoms with van der Waals surface area (Å²) in [6.07, 6.45) is 5.15. The van der Waals surface area contributed by atoms with Crippen LogP contribution < -0.4 is 5.19 Å². The smallest absolute Gasteiger partial charge is 0.275 e. The van der Waals surface area contributed by atoms with Gasteiger partial charge in [-0.1, -0.05) is 62.7 Å². The van der Waals surface area contributed by atoms with Gasteiger partial charge in [-0.05, 0) is 5.56 Å². The van der Waals surface area contributed by atoms with E-state index in [2.05, 4.69) is 93.6 Å². The molecule has 0 aromatic heterocycles. The molecule has 0 unspecified atom stereocenters. The van der Waals surface area contributed by atoms with Crippen molar-refractivity contribution in [2.75, 3.05) is 0 Å². The summed E-state index contributed by atoms with van der Waals surface area (Å²) in [5.41, 5.74) is 3.57. The Bertz CT molecular complexity index is 3340. The minimum atomic E-state index is -2.35. The molecule has 8 aromatic rings. The van der Waals surface area contributed by atoms with Gasteiger partial charge in [-0.15, -0.1) is 48.4 Å². The van der Waals surface area contributed by atoms with Gasteiger partial charge in [0.05, 0.1) is 0 Å². The SMILES string of the molecule is CC1=C(c2c(F)c(F)c(F)c(F)c2F)c2c(cc(-c3c(F)c(F)c(F)c(F)c3F)c3ccccc23)C1=B[Si](C)c1ccccc1.C[C-]=C(C)C(C)=CC.Cc1cc2c(-c3ccccc3)cccc2[cH-]1.[Zr+2]. The van der Waals surface area contributed by atoms with Crippen LogP contribution in [0.3, 0.4) is 0 Å². The molecule has 0 heterocycles. The molecule has 0 saturated heterocycles. The Morgan fingerprint density at radius 1 is 0.543 bits per heavy atom. The molecule has 1 aliphatic rings. The average molecular weight is 1050 g/mol. The summed E-state index contributed by atoms with van der Waals surface area (Å²) in [4.78, 5) is 0. The van der Waals surface area contributed by atoms with Crippen molar-refractivity contribution < 1.29 is 70.1 Å². The molecule has 0 fully saturated rings. The number of halogens is 10. The number of hydrogen-bond donors (Lipinski definition) is 0. The maximum atomic E-state index is 15.4. The first-order valence-electron chi connectivity index (χ1n) is 21.7. The van der Waals surface area contributed by atoms with Crippen molar-refractivity contribution in [1.29, 1.82) is 0 Å². The summed E-state index contributed by atoms with van der Waals surface area (Å²) in [6, 6.07) is 37.1. The second-order valence-corrected chi connectivity index (χ2v) is 18.7. The van der Waals surface area contributed by atoms with E-state index in [1.165, 1.54) is 69.8 Å². The van der Waals surface area contributed by atoms with E-state index >= 15 is 17.6 Å². The molecule has 0 N–H and O–H groups in total. The quantitative estimate of drug-likeness (QED) is 0.0389. The van der Waals surface area contributed by atoms with Crippen LogP contribution in [0.2, 0.25) is 6.55 Å². The van der Waals surface area contributed by atoms with Crippen LogP contribution in [0.25, 0.3) is 49.4 Å². The van der Waals surface area contributed by atoms with E-state index in [4.69, 9.17) is 0 Å². The zero-order valence-electron chi connectivity index (χ0n) is 39.0. The van der Waals surface area contributed by atoms with Crippen molar-refractivity contribution in [2.24, 2.45) is 0 Å². The van der Waals surface area contributed by atoms with Crippen LogP contribution in [0.15, 0.2) is 144 Å². The van der Waals surface area contributed by atoms with Crippen LogP contribution >= 0.6 is 0 Å². The second kappa shape index (κ2) is 22.4. The van der Waals surface area contributed by atoms with Crippen LogP contribution in [-0.4, -0.2) is 20.6 Å². The van der Waals surface area contributed by atoms with E-state index in [0.717, 1.165) is 11.3 Å². The standard InChI is InChI=1S/C33H16BF10Si.C16H13.C8H13.Zr/c1-13-19(22-26(37)30(41)33(44)31(42)27(22)38)20-16-11-7-6-10-15(16)17(21-24(35)28(39)32(43)29(40)25(21)36)12-18(20)23(13)34-45(2)14-8-4-3-5-9-14;1-12-10-14-8-5-9-15(16(14)11-12)13-6-3-2-4-7-13;1-5-7(3)8(4)6-2;/h3-12H,1-2H3;2-11H,1H3;5H,1-4H3;/q;2*-1;+2. The predicted octanol–water partition coefficient (Wildman–Crippen LogP) is 15.7. The van der Waals surface area contributed by atoms with Gasteiger partial charge in [0.25, 0.3) is 0 Å². The summed E-state index contributed by atoms with van der Waals surface area (Å²) < 4.78 is 147. The number of hydrogen-bond acceptors (Lipinski definition) is 0. The molecule has 0 saturated carbocycles. The molecule has 13 heteroatoms. The maximum absolute atomic E-state index is 15.4. The number of benzene rings is 7. The first kappa shape index (κ1) is 53.3. The van der Waals surface area contributed by atoms with Crippen LogP contribution in [0.4, 0.5) is 43.9 Å². The van der Waals surface area contributed by atoms with Gasteiger partial charge in [0.1, 0.15) is 0 Å². The summed E-state index contributed by atoms with van der Waals surface area (Å²) in [6.45, 7) is 15.3. The number of rotatable bonds is 6. The molecule has 1 radical (unpaired) electrons. The number of allylic oxidation sites excluding steroid dienone is 5. The Kier molecular flexibility index (Phi) is 17.0. The molecule has 351 valence electrons. The summed E-state index contributed by atoms with van der Waals surface area (Å²) in [5, 5.41) is 3.47. The molecule has 0 nitrogen and oxygen atoms in total. The zero-order valence-corrected chi connectivity index (χ0v) is 42.4. The molecule has 0 spiro atoms. The molecule has 0 atom stereocenters. The van der Waals surface area contributed by atoms with E-state index in [1.54, 1.807) is 24.7 Å². The zero-order chi connectivity index (χ0) is 50.0. The minimum Gasteiger partial charge on any atom is -0.275 e. The van der Waals surface area contributed by atoms with Crippen molar-refractivity contribution in [1.82, 2.24) is 0 Å². The normalized spacial score (nSPS) is 13.0. The van der Waals surface area contributed by atoms with E-state index in [-0.39, 0.29) is 64.7 Å². The fourth-order valence-electron chi connectivity index (χ4n) is 8.42. The van der Waals surface area contributed by atoms with Gasteiger partial charge in [-0.25, -0.2) is 11.1 Å². The fourth-order valence-corrected chi connectivity index (χ4v) is 10.1. The first-order valence-corrected chi connectivity index (χ1v) is 23.8. The van der Waals surface area contributed by atoms with E-state index < -0.39 is 83.5 Å². The largest absolute Gasteiger partial charge is 2.00 e. The second-order valence-electron chi connectivity index (χ2n) is 16.4. The molecule has 0 amide bonds.